The number of aromatic nitrogens is 1. The van der Waals surface area contributed by atoms with Gasteiger partial charge in [-0.15, -0.1) is 11.3 Å². The summed E-state index contributed by atoms with van der Waals surface area (Å²) in [7, 11) is 2.06. The summed E-state index contributed by atoms with van der Waals surface area (Å²) in [4.78, 5) is 18.9. The molecule has 0 atom stereocenters. The number of carboxylic acid groups (broad SMARTS) is 1. The Balaban J connectivity index is 2.10. The van der Waals surface area contributed by atoms with Crippen LogP contribution in [0.3, 0.4) is 0 Å². The van der Waals surface area contributed by atoms with Crippen LogP contribution in [0.1, 0.15) is 48.4 Å². The Labute approximate surface area is 118 Å². The highest BCUT2D eigenvalue weighted by molar-refractivity contribution is 7.11. The van der Waals surface area contributed by atoms with Gasteiger partial charge in [0.25, 0.3) is 0 Å². The Kier molecular flexibility index (Phi) is 4.58. The summed E-state index contributed by atoms with van der Waals surface area (Å²) in [6.07, 6.45) is 7.66. The van der Waals surface area contributed by atoms with Gasteiger partial charge in [0.05, 0.1) is 11.4 Å². The molecule has 0 spiro atoms. The minimum Gasteiger partial charge on any atom is -0.481 e. The highest BCUT2D eigenvalue weighted by Crippen LogP contribution is 2.37. The summed E-state index contributed by atoms with van der Waals surface area (Å²) >= 11 is 1.70. The molecular formula is C14H22N2O2S. The second-order valence-corrected chi connectivity index (χ2v) is 6.88. The van der Waals surface area contributed by atoms with Gasteiger partial charge in [-0.3, -0.25) is 9.69 Å². The predicted molar refractivity (Wildman–Crippen MR) is 76.4 cm³/mol. The second kappa shape index (κ2) is 6.01. The lowest BCUT2D eigenvalue weighted by molar-refractivity contribution is -0.141. The molecule has 0 saturated heterocycles. The van der Waals surface area contributed by atoms with Gasteiger partial charge in [-0.2, -0.15) is 0 Å². The number of hydrogen-bond acceptors (Lipinski definition) is 4. The molecule has 0 aromatic carbocycles. The van der Waals surface area contributed by atoms with E-state index in [9.17, 15) is 9.90 Å². The summed E-state index contributed by atoms with van der Waals surface area (Å²) in [6, 6.07) is 0. The molecule has 0 aliphatic heterocycles. The van der Waals surface area contributed by atoms with Crippen molar-refractivity contribution in [1.82, 2.24) is 9.88 Å². The van der Waals surface area contributed by atoms with E-state index in [1.54, 1.807) is 11.3 Å². The molecule has 1 aromatic heterocycles. The molecule has 1 aromatic rings. The van der Waals surface area contributed by atoms with E-state index in [4.69, 9.17) is 0 Å². The standard InChI is InChI=1S/C14H22N2O2S/c1-11-15-9-12(19-11)10-16(2)14(8-13(17)18)6-4-3-5-7-14/h9H,3-8,10H2,1-2H3,(H,17,18). The van der Waals surface area contributed by atoms with E-state index in [0.29, 0.717) is 0 Å². The quantitative estimate of drug-likeness (QED) is 0.902. The zero-order chi connectivity index (χ0) is 13.9. The number of carbonyl (C=O) groups is 1. The summed E-state index contributed by atoms with van der Waals surface area (Å²) in [6.45, 7) is 2.81. The first kappa shape index (κ1) is 14.5. The molecule has 4 nitrogen and oxygen atoms in total. The lowest BCUT2D eigenvalue weighted by atomic mass is 9.78. The Bertz CT molecular complexity index is 438. The van der Waals surface area contributed by atoms with E-state index in [1.807, 2.05) is 13.1 Å². The normalized spacial score (nSPS) is 18.7. The highest BCUT2D eigenvalue weighted by atomic mass is 32.1. The maximum atomic E-state index is 11.2. The van der Waals surface area contributed by atoms with Crippen LogP contribution in [0.2, 0.25) is 0 Å². The lowest BCUT2D eigenvalue weighted by Gasteiger charge is -2.43. The number of aryl methyl sites for hydroxylation is 1. The van der Waals surface area contributed by atoms with E-state index in [1.165, 1.54) is 11.3 Å². The maximum Gasteiger partial charge on any atom is 0.305 e. The molecule has 0 amide bonds. The lowest BCUT2D eigenvalue weighted by Crippen LogP contribution is -2.48. The average Bonchev–Trinajstić information content (AvgIpc) is 2.75. The number of aliphatic carboxylic acids is 1. The third-order valence-electron chi connectivity index (χ3n) is 4.14. The van der Waals surface area contributed by atoms with Gasteiger partial charge < -0.3 is 5.11 Å². The van der Waals surface area contributed by atoms with Crippen LogP contribution < -0.4 is 0 Å². The van der Waals surface area contributed by atoms with Gasteiger partial charge in [-0.25, -0.2) is 4.98 Å². The monoisotopic (exact) mass is 282 g/mol. The topological polar surface area (TPSA) is 53.4 Å². The van der Waals surface area contributed by atoms with Crippen molar-refractivity contribution in [3.05, 3.63) is 16.1 Å². The van der Waals surface area contributed by atoms with Crippen LogP contribution >= 0.6 is 11.3 Å². The van der Waals surface area contributed by atoms with Crippen LogP contribution in [0, 0.1) is 6.92 Å². The first-order chi connectivity index (χ1) is 9.02. The number of thiazole rings is 1. The van der Waals surface area contributed by atoms with Gasteiger partial charge in [0.15, 0.2) is 0 Å². The van der Waals surface area contributed by atoms with Crippen molar-refractivity contribution in [2.45, 2.75) is 57.5 Å². The van der Waals surface area contributed by atoms with Crippen molar-refractivity contribution in [2.75, 3.05) is 7.05 Å². The molecule has 19 heavy (non-hydrogen) atoms. The summed E-state index contributed by atoms with van der Waals surface area (Å²) < 4.78 is 0. The van der Waals surface area contributed by atoms with Crippen LogP contribution in [0.4, 0.5) is 0 Å². The fourth-order valence-electron chi connectivity index (χ4n) is 3.06. The van der Waals surface area contributed by atoms with Crippen molar-refractivity contribution >= 4 is 17.3 Å². The van der Waals surface area contributed by atoms with E-state index < -0.39 is 5.97 Å². The number of carboxylic acids is 1. The summed E-state index contributed by atoms with van der Waals surface area (Å²) in [5.41, 5.74) is -0.165. The molecule has 1 N–H and O–H groups in total. The minimum atomic E-state index is -0.686. The van der Waals surface area contributed by atoms with E-state index in [-0.39, 0.29) is 12.0 Å². The molecule has 1 heterocycles. The van der Waals surface area contributed by atoms with Gasteiger partial charge in [0.1, 0.15) is 0 Å². The van der Waals surface area contributed by atoms with Gasteiger partial charge >= 0.3 is 5.97 Å². The fraction of sp³-hybridized carbons (Fsp3) is 0.714. The Morgan fingerprint density at radius 2 is 2.16 bits per heavy atom. The molecule has 1 aliphatic rings. The maximum absolute atomic E-state index is 11.2. The molecule has 0 unspecified atom stereocenters. The predicted octanol–water partition coefficient (Wildman–Crippen LogP) is 3.06. The minimum absolute atomic E-state index is 0.165. The molecule has 106 valence electrons. The van der Waals surface area contributed by atoms with Crippen molar-refractivity contribution in [2.24, 2.45) is 0 Å². The summed E-state index contributed by atoms with van der Waals surface area (Å²) in [5.74, 6) is -0.686. The van der Waals surface area contributed by atoms with E-state index >= 15 is 0 Å². The molecule has 1 aliphatic carbocycles. The van der Waals surface area contributed by atoms with Gasteiger partial charge in [0, 0.05) is 23.2 Å². The Hall–Kier alpha value is -0.940. The summed E-state index contributed by atoms with van der Waals surface area (Å²) in [5, 5.41) is 10.3. The fourth-order valence-corrected chi connectivity index (χ4v) is 3.91. The first-order valence-corrected chi connectivity index (χ1v) is 7.68. The molecule has 5 heteroatoms. The Morgan fingerprint density at radius 3 is 2.68 bits per heavy atom. The van der Waals surface area contributed by atoms with Crippen molar-refractivity contribution in [3.8, 4) is 0 Å². The van der Waals surface area contributed by atoms with Crippen molar-refractivity contribution in [1.29, 1.82) is 0 Å². The van der Waals surface area contributed by atoms with Crippen LogP contribution in [-0.2, 0) is 11.3 Å². The molecular weight excluding hydrogens is 260 g/mol. The van der Waals surface area contributed by atoms with Gasteiger partial charge in [-0.05, 0) is 26.8 Å². The third-order valence-corrected chi connectivity index (χ3v) is 5.03. The highest BCUT2D eigenvalue weighted by Gasteiger charge is 2.38. The SMILES string of the molecule is Cc1ncc(CN(C)C2(CC(=O)O)CCCCC2)s1. The molecule has 2 rings (SSSR count). The second-order valence-electron chi connectivity index (χ2n) is 5.56. The molecule has 1 saturated carbocycles. The largest absolute Gasteiger partial charge is 0.481 e. The van der Waals surface area contributed by atoms with E-state index in [0.717, 1.165) is 37.2 Å². The third kappa shape index (κ3) is 3.54. The number of rotatable bonds is 5. The van der Waals surface area contributed by atoms with Gasteiger partial charge in [-0.1, -0.05) is 19.3 Å². The zero-order valence-electron chi connectivity index (χ0n) is 11.7. The average molecular weight is 282 g/mol. The Morgan fingerprint density at radius 1 is 1.47 bits per heavy atom. The first-order valence-electron chi connectivity index (χ1n) is 6.86. The molecule has 1 fully saturated rings. The zero-order valence-corrected chi connectivity index (χ0v) is 12.5. The van der Waals surface area contributed by atoms with E-state index in [2.05, 4.69) is 16.9 Å². The smallest absolute Gasteiger partial charge is 0.305 e. The molecule has 0 radical (unpaired) electrons. The van der Waals surface area contributed by atoms with Crippen molar-refractivity contribution in [3.63, 3.8) is 0 Å². The van der Waals surface area contributed by atoms with Gasteiger partial charge in [0.2, 0.25) is 0 Å². The molecule has 0 bridgehead atoms. The van der Waals surface area contributed by atoms with Crippen molar-refractivity contribution < 1.29 is 9.90 Å². The van der Waals surface area contributed by atoms with Crippen LogP contribution in [-0.4, -0.2) is 33.5 Å². The van der Waals surface area contributed by atoms with Crippen LogP contribution in [0.25, 0.3) is 0 Å². The number of hydrogen-bond donors (Lipinski definition) is 1. The van der Waals surface area contributed by atoms with Crippen LogP contribution in [0.5, 0.6) is 0 Å². The number of nitrogens with zero attached hydrogens (tertiary/aromatic N) is 2. The van der Waals surface area contributed by atoms with Crippen LogP contribution in [0.15, 0.2) is 6.20 Å².